The van der Waals surface area contributed by atoms with Gasteiger partial charge < -0.3 is 9.47 Å². The normalized spacial score (nSPS) is 10.7. The summed E-state index contributed by atoms with van der Waals surface area (Å²) < 4.78 is 57.0. The molecule has 1 aromatic rings. The second-order valence-electron chi connectivity index (χ2n) is 2.98. The summed E-state index contributed by atoms with van der Waals surface area (Å²) in [5, 5.41) is 8.52. The van der Waals surface area contributed by atoms with Crippen LogP contribution < -0.4 is 4.74 Å². The summed E-state index contributed by atoms with van der Waals surface area (Å²) in [6, 6.07) is 2.32. The van der Waals surface area contributed by atoms with E-state index in [1.54, 1.807) is 0 Å². The lowest BCUT2D eigenvalue weighted by molar-refractivity contribution is -0.274. The zero-order chi connectivity index (χ0) is 13.9. The Labute approximate surface area is 98.3 Å². The van der Waals surface area contributed by atoms with Crippen molar-refractivity contribution < 1.29 is 31.8 Å². The number of esters is 1. The zero-order valence-corrected chi connectivity index (χ0v) is 8.84. The van der Waals surface area contributed by atoms with Crippen LogP contribution in [0, 0.1) is 17.1 Å². The van der Waals surface area contributed by atoms with Crippen LogP contribution >= 0.6 is 0 Å². The van der Waals surface area contributed by atoms with Crippen LogP contribution in [0.5, 0.6) is 5.75 Å². The molecule has 0 aliphatic heterocycles. The first kappa shape index (κ1) is 13.8. The molecule has 0 heterocycles. The standard InChI is InChI=1S/C10H5F4NO3/c1-17-9(16)6-2-5(4-15)7(11)3-8(6)18-10(12,13)14/h2-3H,1H3. The van der Waals surface area contributed by atoms with Crippen molar-refractivity contribution in [2.45, 2.75) is 6.36 Å². The number of halogens is 4. The lowest BCUT2D eigenvalue weighted by atomic mass is 10.1. The largest absolute Gasteiger partial charge is 0.573 e. The molecule has 0 atom stereocenters. The molecular weight excluding hydrogens is 258 g/mol. The molecule has 0 aliphatic carbocycles. The molecule has 1 aromatic carbocycles. The number of benzene rings is 1. The number of hydrogen-bond acceptors (Lipinski definition) is 4. The molecule has 0 amide bonds. The second-order valence-corrected chi connectivity index (χ2v) is 2.98. The van der Waals surface area contributed by atoms with Crippen LogP contribution in [0.25, 0.3) is 0 Å². The molecule has 0 bridgehead atoms. The number of nitriles is 1. The maximum Gasteiger partial charge on any atom is 0.573 e. The van der Waals surface area contributed by atoms with Gasteiger partial charge in [0.05, 0.1) is 12.7 Å². The third kappa shape index (κ3) is 3.10. The van der Waals surface area contributed by atoms with E-state index in [0.717, 1.165) is 7.11 Å². The maximum atomic E-state index is 13.2. The average Bonchev–Trinajstić information content (AvgIpc) is 2.26. The lowest BCUT2D eigenvalue weighted by Gasteiger charge is -2.12. The number of rotatable bonds is 2. The number of carbonyl (C=O) groups excluding carboxylic acids is 1. The molecule has 0 saturated carbocycles. The van der Waals surface area contributed by atoms with Gasteiger partial charge in [0, 0.05) is 6.07 Å². The van der Waals surface area contributed by atoms with E-state index in [-0.39, 0.29) is 0 Å². The van der Waals surface area contributed by atoms with Gasteiger partial charge in [0.1, 0.15) is 23.2 Å². The van der Waals surface area contributed by atoms with Gasteiger partial charge in [0.25, 0.3) is 0 Å². The monoisotopic (exact) mass is 263 g/mol. The lowest BCUT2D eigenvalue weighted by Crippen LogP contribution is -2.19. The first-order chi connectivity index (χ1) is 8.28. The van der Waals surface area contributed by atoms with Gasteiger partial charge in [-0.25, -0.2) is 9.18 Å². The van der Waals surface area contributed by atoms with Crippen molar-refractivity contribution in [1.82, 2.24) is 0 Å². The highest BCUT2D eigenvalue weighted by atomic mass is 19.4. The van der Waals surface area contributed by atoms with Gasteiger partial charge in [0.15, 0.2) is 0 Å². The SMILES string of the molecule is COC(=O)c1cc(C#N)c(F)cc1OC(F)(F)F. The quantitative estimate of drug-likeness (QED) is 0.607. The van der Waals surface area contributed by atoms with Crippen LogP contribution in [0.1, 0.15) is 15.9 Å². The average molecular weight is 263 g/mol. The van der Waals surface area contributed by atoms with E-state index in [9.17, 15) is 22.4 Å². The van der Waals surface area contributed by atoms with Crippen molar-refractivity contribution in [2.75, 3.05) is 7.11 Å². The van der Waals surface area contributed by atoms with Gasteiger partial charge in [-0.3, -0.25) is 0 Å². The number of carbonyl (C=O) groups is 1. The summed E-state index contributed by atoms with van der Waals surface area (Å²) in [6.45, 7) is 0. The highest BCUT2D eigenvalue weighted by molar-refractivity contribution is 5.93. The fourth-order valence-corrected chi connectivity index (χ4v) is 1.12. The van der Waals surface area contributed by atoms with Crippen molar-refractivity contribution in [3.05, 3.63) is 29.1 Å². The van der Waals surface area contributed by atoms with Crippen molar-refractivity contribution in [3.63, 3.8) is 0 Å². The molecule has 0 saturated heterocycles. The molecule has 0 aromatic heterocycles. The fourth-order valence-electron chi connectivity index (χ4n) is 1.12. The van der Waals surface area contributed by atoms with Crippen LogP contribution in [-0.4, -0.2) is 19.4 Å². The maximum absolute atomic E-state index is 13.2. The molecular formula is C10H5F4NO3. The summed E-state index contributed by atoms with van der Waals surface area (Å²) >= 11 is 0. The molecule has 0 fully saturated rings. The van der Waals surface area contributed by atoms with E-state index in [0.29, 0.717) is 12.1 Å². The van der Waals surface area contributed by atoms with Crippen molar-refractivity contribution in [1.29, 1.82) is 5.26 Å². The van der Waals surface area contributed by atoms with Crippen LogP contribution in [0.3, 0.4) is 0 Å². The number of hydrogen-bond donors (Lipinski definition) is 0. The summed E-state index contributed by atoms with van der Waals surface area (Å²) in [5.41, 5.74) is -1.28. The first-order valence-electron chi connectivity index (χ1n) is 4.36. The van der Waals surface area contributed by atoms with E-state index in [4.69, 9.17) is 5.26 Å². The molecule has 0 aliphatic rings. The van der Waals surface area contributed by atoms with E-state index >= 15 is 0 Å². The minimum absolute atomic E-state index is 0.304. The number of nitrogens with zero attached hydrogens (tertiary/aromatic N) is 1. The van der Waals surface area contributed by atoms with Crippen molar-refractivity contribution >= 4 is 5.97 Å². The Bertz CT molecular complexity index is 519. The highest BCUT2D eigenvalue weighted by Crippen LogP contribution is 2.29. The van der Waals surface area contributed by atoms with Gasteiger partial charge in [-0.1, -0.05) is 0 Å². The number of methoxy groups -OCH3 is 1. The molecule has 0 radical (unpaired) electrons. The minimum Gasteiger partial charge on any atom is -0.465 e. The minimum atomic E-state index is -5.09. The Morgan fingerprint density at radius 3 is 2.44 bits per heavy atom. The molecule has 4 nitrogen and oxygen atoms in total. The van der Waals surface area contributed by atoms with Gasteiger partial charge in [-0.15, -0.1) is 13.2 Å². The highest BCUT2D eigenvalue weighted by Gasteiger charge is 2.33. The number of ether oxygens (including phenoxy) is 2. The Balaban J connectivity index is 3.35. The van der Waals surface area contributed by atoms with Gasteiger partial charge in [-0.05, 0) is 6.07 Å². The molecule has 18 heavy (non-hydrogen) atoms. The van der Waals surface area contributed by atoms with E-state index in [1.165, 1.54) is 6.07 Å². The summed E-state index contributed by atoms with van der Waals surface area (Å²) in [7, 11) is 0.926. The second kappa shape index (κ2) is 4.91. The molecule has 0 N–H and O–H groups in total. The predicted molar refractivity (Wildman–Crippen MR) is 49.1 cm³/mol. The van der Waals surface area contributed by atoms with Crippen molar-refractivity contribution in [3.8, 4) is 11.8 Å². The van der Waals surface area contributed by atoms with Gasteiger partial charge in [0.2, 0.25) is 0 Å². The van der Waals surface area contributed by atoms with E-state index < -0.39 is 35.0 Å². The van der Waals surface area contributed by atoms with Crippen molar-refractivity contribution in [2.24, 2.45) is 0 Å². The predicted octanol–water partition coefficient (Wildman–Crippen LogP) is 2.38. The van der Waals surface area contributed by atoms with Crippen LogP contribution in [-0.2, 0) is 4.74 Å². The molecule has 0 unspecified atom stereocenters. The third-order valence-corrected chi connectivity index (χ3v) is 1.82. The van der Waals surface area contributed by atoms with Crippen LogP contribution in [0.2, 0.25) is 0 Å². The van der Waals surface area contributed by atoms with Gasteiger partial charge >= 0.3 is 12.3 Å². The first-order valence-corrected chi connectivity index (χ1v) is 4.36. The summed E-state index contributed by atoms with van der Waals surface area (Å²) in [4.78, 5) is 11.2. The Kier molecular flexibility index (Phi) is 3.76. The number of alkyl halides is 3. The molecule has 0 spiro atoms. The fraction of sp³-hybridized carbons (Fsp3) is 0.200. The molecule has 1 rings (SSSR count). The molecule has 96 valence electrons. The third-order valence-electron chi connectivity index (χ3n) is 1.82. The smallest absolute Gasteiger partial charge is 0.465 e. The summed E-state index contributed by atoms with van der Waals surface area (Å²) in [6.07, 6.45) is -5.09. The topological polar surface area (TPSA) is 59.3 Å². The Morgan fingerprint density at radius 1 is 1.39 bits per heavy atom. The Hall–Kier alpha value is -2.30. The van der Waals surface area contributed by atoms with E-state index in [2.05, 4.69) is 9.47 Å². The van der Waals surface area contributed by atoms with Gasteiger partial charge in [-0.2, -0.15) is 5.26 Å². The molecule has 8 heteroatoms. The van der Waals surface area contributed by atoms with E-state index in [1.807, 2.05) is 0 Å². The summed E-state index contributed by atoms with van der Waals surface area (Å²) in [5.74, 6) is -3.47. The van der Waals surface area contributed by atoms with Crippen LogP contribution in [0.15, 0.2) is 12.1 Å². The zero-order valence-electron chi connectivity index (χ0n) is 8.84. The Morgan fingerprint density at radius 2 is 2.00 bits per heavy atom. The van der Waals surface area contributed by atoms with Crippen LogP contribution in [0.4, 0.5) is 17.6 Å².